The molecule has 4 aromatic rings. The van der Waals surface area contributed by atoms with Crippen molar-refractivity contribution in [3.63, 3.8) is 0 Å². The number of nitrogens with one attached hydrogen (secondary N) is 3. The number of morpholine rings is 1. The second kappa shape index (κ2) is 7.73. The molecule has 0 aliphatic carbocycles. The van der Waals surface area contributed by atoms with Crippen LogP contribution in [0.1, 0.15) is 0 Å². The Hall–Kier alpha value is -3.10. The lowest BCUT2D eigenvalue weighted by Gasteiger charge is -2.26. The zero-order valence-electron chi connectivity index (χ0n) is 16.4. The Morgan fingerprint density at radius 1 is 1.14 bits per heavy atom. The number of rotatable bonds is 6. The molecule has 0 amide bonds. The maximum absolute atomic E-state index is 5.40. The zero-order chi connectivity index (χ0) is 19.6. The van der Waals surface area contributed by atoms with Crippen molar-refractivity contribution >= 4 is 27.6 Å². The van der Waals surface area contributed by atoms with Crippen LogP contribution in [-0.2, 0) is 4.74 Å². The average molecular weight is 392 g/mol. The summed E-state index contributed by atoms with van der Waals surface area (Å²) in [7, 11) is 1.66. The van der Waals surface area contributed by atoms with Crippen LogP contribution >= 0.6 is 0 Å². The van der Waals surface area contributed by atoms with Gasteiger partial charge in [-0.05, 0) is 36.4 Å². The van der Waals surface area contributed by atoms with E-state index in [4.69, 9.17) is 14.5 Å². The van der Waals surface area contributed by atoms with Crippen LogP contribution in [0.5, 0.6) is 5.75 Å². The van der Waals surface area contributed by atoms with Crippen molar-refractivity contribution in [2.75, 3.05) is 51.8 Å². The fourth-order valence-corrected chi connectivity index (χ4v) is 3.72. The van der Waals surface area contributed by atoms with Crippen LogP contribution in [0.3, 0.4) is 0 Å². The average Bonchev–Trinajstić information content (AvgIpc) is 3.37. The molecule has 1 saturated heterocycles. The number of benzene rings is 2. The van der Waals surface area contributed by atoms with Gasteiger partial charge in [-0.2, -0.15) is 5.10 Å². The fraction of sp³-hybridized carbons (Fsp3) is 0.333. The van der Waals surface area contributed by atoms with Gasteiger partial charge in [-0.1, -0.05) is 0 Å². The Morgan fingerprint density at radius 2 is 2.03 bits per heavy atom. The summed E-state index contributed by atoms with van der Waals surface area (Å²) in [5.41, 5.74) is 4.71. The number of hydrogen-bond acceptors (Lipinski definition) is 6. The lowest BCUT2D eigenvalue weighted by Crippen LogP contribution is -2.38. The maximum Gasteiger partial charge on any atom is 0.159 e. The molecule has 1 fully saturated rings. The van der Waals surface area contributed by atoms with Crippen molar-refractivity contribution in [2.45, 2.75) is 0 Å². The first kappa shape index (κ1) is 18.0. The van der Waals surface area contributed by atoms with E-state index in [1.54, 1.807) is 7.11 Å². The molecule has 0 atom stereocenters. The second-order valence-electron chi connectivity index (χ2n) is 7.18. The second-order valence-corrected chi connectivity index (χ2v) is 7.18. The standard InChI is InChI=1S/C21H24N6O2/c1-28-15-3-5-17-16(13-15)20(26-25-17)21-23-18-4-2-14(12-19(18)24-21)22-6-7-27-8-10-29-11-9-27/h2-5,12-13,22H,6-11H2,1H3,(H,23,24)(H,25,26). The summed E-state index contributed by atoms with van der Waals surface area (Å²) in [4.78, 5) is 10.6. The summed E-state index contributed by atoms with van der Waals surface area (Å²) in [6, 6.07) is 12.0. The van der Waals surface area contributed by atoms with Gasteiger partial charge in [-0.15, -0.1) is 0 Å². The third-order valence-corrected chi connectivity index (χ3v) is 5.34. The van der Waals surface area contributed by atoms with Gasteiger partial charge in [0.05, 0.1) is 36.9 Å². The van der Waals surface area contributed by atoms with Gasteiger partial charge in [0.2, 0.25) is 0 Å². The summed E-state index contributed by atoms with van der Waals surface area (Å²) < 4.78 is 10.7. The van der Waals surface area contributed by atoms with Crippen LogP contribution in [-0.4, -0.2) is 71.6 Å². The lowest BCUT2D eigenvalue weighted by atomic mass is 10.2. The van der Waals surface area contributed by atoms with Crippen LogP contribution in [0.15, 0.2) is 36.4 Å². The molecule has 0 saturated carbocycles. The largest absolute Gasteiger partial charge is 0.497 e. The molecule has 150 valence electrons. The summed E-state index contributed by atoms with van der Waals surface area (Å²) in [5, 5.41) is 12.0. The predicted octanol–water partition coefficient (Wildman–Crippen LogP) is 2.86. The van der Waals surface area contributed by atoms with E-state index >= 15 is 0 Å². The van der Waals surface area contributed by atoms with Gasteiger partial charge in [-0.25, -0.2) is 4.98 Å². The molecule has 0 unspecified atom stereocenters. The topological polar surface area (TPSA) is 91.1 Å². The molecule has 0 radical (unpaired) electrons. The predicted molar refractivity (Wildman–Crippen MR) is 113 cm³/mol. The number of fused-ring (bicyclic) bond motifs is 2. The molecule has 29 heavy (non-hydrogen) atoms. The van der Waals surface area contributed by atoms with E-state index in [0.29, 0.717) is 0 Å². The number of nitrogens with zero attached hydrogens (tertiary/aromatic N) is 3. The zero-order valence-corrected chi connectivity index (χ0v) is 16.4. The number of anilines is 1. The number of methoxy groups -OCH3 is 1. The highest BCUT2D eigenvalue weighted by Crippen LogP contribution is 2.29. The summed E-state index contributed by atoms with van der Waals surface area (Å²) in [5.74, 6) is 1.54. The number of ether oxygens (including phenoxy) is 2. The van der Waals surface area contributed by atoms with Crippen molar-refractivity contribution < 1.29 is 9.47 Å². The molecule has 3 heterocycles. The van der Waals surface area contributed by atoms with E-state index in [2.05, 4.69) is 37.5 Å². The number of aromatic nitrogens is 4. The molecule has 1 aliphatic heterocycles. The Morgan fingerprint density at radius 3 is 2.90 bits per heavy atom. The maximum atomic E-state index is 5.40. The smallest absolute Gasteiger partial charge is 0.159 e. The third kappa shape index (κ3) is 3.64. The van der Waals surface area contributed by atoms with Gasteiger partial charge in [0.25, 0.3) is 0 Å². The van der Waals surface area contributed by atoms with Gasteiger partial charge in [0, 0.05) is 37.3 Å². The highest BCUT2D eigenvalue weighted by Gasteiger charge is 2.14. The molecule has 2 aromatic carbocycles. The Balaban J connectivity index is 1.35. The van der Waals surface area contributed by atoms with E-state index in [1.165, 1.54) is 0 Å². The Labute approximate surface area is 168 Å². The summed E-state index contributed by atoms with van der Waals surface area (Å²) in [6.07, 6.45) is 0. The Bertz CT molecular complexity index is 1130. The molecule has 5 rings (SSSR count). The van der Waals surface area contributed by atoms with Crippen LogP contribution in [0, 0.1) is 0 Å². The van der Waals surface area contributed by atoms with E-state index in [9.17, 15) is 0 Å². The van der Waals surface area contributed by atoms with Crippen LogP contribution in [0.2, 0.25) is 0 Å². The minimum Gasteiger partial charge on any atom is -0.497 e. The quantitative estimate of drug-likeness (QED) is 0.467. The van der Waals surface area contributed by atoms with Gasteiger partial charge >= 0.3 is 0 Å². The molecule has 8 heteroatoms. The number of imidazole rings is 1. The first-order valence-corrected chi connectivity index (χ1v) is 9.86. The SMILES string of the molecule is COc1ccc2[nH]nc(-c3nc4ccc(NCCN5CCOCC5)cc4[nH]3)c2c1. The van der Waals surface area contributed by atoms with Gasteiger partial charge < -0.3 is 19.8 Å². The lowest BCUT2D eigenvalue weighted by molar-refractivity contribution is 0.0398. The van der Waals surface area contributed by atoms with E-state index in [-0.39, 0.29) is 0 Å². The van der Waals surface area contributed by atoms with E-state index < -0.39 is 0 Å². The van der Waals surface area contributed by atoms with Crippen LogP contribution in [0.25, 0.3) is 33.5 Å². The third-order valence-electron chi connectivity index (χ3n) is 5.34. The van der Waals surface area contributed by atoms with E-state index in [1.807, 2.05) is 24.3 Å². The number of hydrogen-bond donors (Lipinski definition) is 3. The molecule has 1 aliphatic rings. The van der Waals surface area contributed by atoms with Crippen molar-refractivity contribution in [3.05, 3.63) is 36.4 Å². The van der Waals surface area contributed by atoms with E-state index in [0.717, 1.165) is 84.3 Å². The van der Waals surface area contributed by atoms with Gasteiger partial charge in [0.1, 0.15) is 11.4 Å². The van der Waals surface area contributed by atoms with Crippen molar-refractivity contribution in [2.24, 2.45) is 0 Å². The van der Waals surface area contributed by atoms with Crippen molar-refractivity contribution in [1.29, 1.82) is 0 Å². The molecule has 3 N–H and O–H groups in total. The summed E-state index contributed by atoms with van der Waals surface area (Å²) in [6.45, 7) is 5.58. The molecular weight excluding hydrogens is 368 g/mol. The molecular formula is C21H24N6O2. The minimum absolute atomic E-state index is 0.741. The summed E-state index contributed by atoms with van der Waals surface area (Å²) >= 11 is 0. The minimum atomic E-state index is 0.741. The number of aromatic amines is 2. The fourth-order valence-electron chi connectivity index (χ4n) is 3.72. The number of H-pyrrole nitrogens is 2. The molecule has 0 spiro atoms. The molecule has 0 bridgehead atoms. The van der Waals surface area contributed by atoms with Crippen molar-refractivity contribution in [1.82, 2.24) is 25.1 Å². The first-order chi connectivity index (χ1) is 14.3. The molecule has 2 aromatic heterocycles. The van der Waals surface area contributed by atoms with Crippen LogP contribution < -0.4 is 10.1 Å². The first-order valence-electron chi connectivity index (χ1n) is 9.86. The van der Waals surface area contributed by atoms with Crippen molar-refractivity contribution in [3.8, 4) is 17.3 Å². The highest BCUT2D eigenvalue weighted by molar-refractivity contribution is 5.94. The highest BCUT2D eigenvalue weighted by atomic mass is 16.5. The van der Waals surface area contributed by atoms with Gasteiger partial charge in [0.15, 0.2) is 5.82 Å². The van der Waals surface area contributed by atoms with Gasteiger partial charge in [-0.3, -0.25) is 10.00 Å². The van der Waals surface area contributed by atoms with Crippen LogP contribution in [0.4, 0.5) is 5.69 Å². The molecule has 8 nitrogen and oxygen atoms in total. The monoisotopic (exact) mass is 392 g/mol. The Kier molecular flexibility index (Phi) is 4.79. The normalized spacial score (nSPS) is 15.2.